The van der Waals surface area contributed by atoms with Gasteiger partial charge in [0.1, 0.15) is 0 Å². The van der Waals surface area contributed by atoms with E-state index in [-0.39, 0.29) is 47.9 Å². The van der Waals surface area contributed by atoms with E-state index in [2.05, 4.69) is 0 Å². The molecule has 0 fully saturated rings. The number of hydrogen-bond acceptors (Lipinski definition) is 2. The van der Waals surface area contributed by atoms with Crippen LogP contribution in [0.15, 0.2) is 0 Å². The molecule has 0 unspecified atom stereocenters. The number of hydrogen-bond donors (Lipinski definition) is 0. The van der Waals surface area contributed by atoms with Crippen LogP contribution >= 0.6 is 0 Å². The first-order valence-electron chi connectivity index (χ1n) is 0.908. The van der Waals surface area contributed by atoms with Gasteiger partial charge in [0.25, 0.3) is 0 Å². The molecule has 0 aliphatic carbocycles. The Bertz CT molecular complexity index is 34.5. The van der Waals surface area contributed by atoms with Crippen molar-refractivity contribution in [1.82, 2.24) is 0 Å². The zero-order chi connectivity index (χ0) is 3.58. The van der Waals surface area contributed by atoms with Crippen LogP contribution in [0.3, 0.4) is 0 Å². The minimum absolute atomic E-state index is 0. The van der Waals surface area contributed by atoms with Gasteiger partial charge in [-0.25, -0.2) is 0 Å². The van der Waals surface area contributed by atoms with Crippen LogP contribution in [-0.2, 0) is 4.79 Å². The molecule has 0 aromatic carbocycles. The predicted octanol–water partition coefficient (Wildman–Crippen LogP) is -4.62. The molecular formula is C2H3IO2Sn. The molecule has 0 saturated heterocycles. The molecule has 0 spiro atoms. The Labute approximate surface area is 70.3 Å². The van der Waals surface area contributed by atoms with E-state index in [9.17, 15) is 0 Å². The van der Waals surface area contributed by atoms with Crippen molar-refractivity contribution in [2.45, 2.75) is 6.92 Å². The fraction of sp³-hybridized carbons (Fsp3) is 0.500. The van der Waals surface area contributed by atoms with E-state index in [0.717, 1.165) is 6.92 Å². The molecule has 0 bridgehead atoms. The van der Waals surface area contributed by atoms with E-state index >= 15 is 0 Å². The second kappa shape index (κ2) is 9.37. The minimum Gasteiger partial charge on any atom is -1.00 e. The molecule has 0 aromatic rings. The standard InChI is InChI=1S/C2H4O2.HI.Sn/c1-2(3)4;;/h1H3,(H,3,4);1H;/q;;+2/p-2. The van der Waals surface area contributed by atoms with Gasteiger partial charge in [0, 0.05) is 5.97 Å². The molecule has 2 nitrogen and oxygen atoms in total. The number of carbonyl (C=O) groups is 1. The first-order valence-corrected chi connectivity index (χ1v) is 0.908. The van der Waals surface area contributed by atoms with Gasteiger partial charge >= 0.3 is 23.9 Å². The zero-order valence-corrected chi connectivity index (χ0v) is 8.21. The van der Waals surface area contributed by atoms with Gasteiger partial charge in [-0.3, -0.25) is 0 Å². The van der Waals surface area contributed by atoms with Crippen molar-refractivity contribution in [3.63, 3.8) is 0 Å². The molecule has 0 saturated carbocycles. The minimum atomic E-state index is -1.08. The van der Waals surface area contributed by atoms with Crippen molar-refractivity contribution in [2.24, 2.45) is 0 Å². The van der Waals surface area contributed by atoms with Crippen LogP contribution in [0.1, 0.15) is 6.92 Å². The van der Waals surface area contributed by atoms with Crippen LogP contribution in [0, 0.1) is 0 Å². The second-order valence-electron chi connectivity index (χ2n) is 0.492. The first kappa shape index (κ1) is 15.8. The van der Waals surface area contributed by atoms with Gasteiger partial charge in [-0.05, 0) is 6.92 Å². The van der Waals surface area contributed by atoms with Crippen LogP contribution in [0.2, 0.25) is 0 Å². The molecule has 0 N–H and O–H groups in total. The second-order valence-corrected chi connectivity index (χ2v) is 0.492. The van der Waals surface area contributed by atoms with Gasteiger partial charge in [0.15, 0.2) is 0 Å². The van der Waals surface area contributed by atoms with Crippen molar-refractivity contribution in [3.8, 4) is 0 Å². The molecule has 6 heavy (non-hydrogen) atoms. The van der Waals surface area contributed by atoms with E-state index in [1.165, 1.54) is 0 Å². The number of rotatable bonds is 0. The monoisotopic (exact) mass is 306 g/mol. The van der Waals surface area contributed by atoms with Crippen molar-refractivity contribution < 1.29 is 33.9 Å². The molecule has 2 radical (unpaired) electrons. The fourth-order valence-electron chi connectivity index (χ4n) is 0. The van der Waals surface area contributed by atoms with Crippen molar-refractivity contribution in [1.29, 1.82) is 0 Å². The van der Waals surface area contributed by atoms with Gasteiger partial charge in [-0.1, -0.05) is 0 Å². The van der Waals surface area contributed by atoms with Gasteiger partial charge in [-0.15, -0.1) is 0 Å². The Morgan fingerprint density at radius 3 is 1.67 bits per heavy atom. The molecule has 0 amide bonds. The Kier molecular flexibility index (Phi) is 24.6. The zero-order valence-electron chi connectivity index (χ0n) is 3.19. The third-order valence-corrected chi connectivity index (χ3v) is 0. The average Bonchev–Trinajstić information content (AvgIpc) is 0.811. The molecule has 0 aliphatic rings. The molecule has 4 heteroatoms. The molecule has 0 rings (SSSR count). The maximum atomic E-state index is 8.89. The smallest absolute Gasteiger partial charge is 1.00 e. The fourth-order valence-corrected chi connectivity index (χ4v) is 0. The molecule has 0 atom stereocenters. The van der Waals surface area contributed by atoms with Gasteiger partial charge in [0.05, 0.1) is 0 Å². The van der Waals surface area contributed by atoms with E-state index in [0.29, 0.717) is 0 Å². The van der Waals surface area contributed by atoms with Crippen LogP contribution in [0.4, 0.5) is 0 Å². The molecule has 34 valence electrons. The number of carboxylic acid groups (broad SMARTS) is 1. The number of carboxylic acids is 1. The van der Waals surface area contributed by atoms with Gasteiger partial charge < -0.3 is 33.9 Å². The van der Waals surface area contributed by atoms with E-state index in [1.807, 2.05) is 0 Å². The predicted molar refractivity (Wildman–Crippen MR) is 16.4 cm³/mol. The maximum absolute atomic E-state index is 8.89. The molecule has 0 aliphatic heterocycles. The van der Waals surface area contributed by atoms with E-state index < -0.39 is 5.97 Å². The Morgan fingerprint density at radius 2 is 1.67 bits per heavy atom. The third-order valence-electron chi connectivity index (χ3n) is 0. The average molecular weight is 305 g/mol. The summed E-state index contributed by atoms with van der Waals surface area (Å²) in [6.07, 6.45) is 0. The van der Waals surface area contributed by atoms with Gasteiger partial charge in [0.2, 0.25) is 0 Å². The summed E-state index contributed by atoms with van der Waals surface area (Å²) in [4.78, 5) is 8.89. The normalized spacial score (nSPS) is 4.17. The third kappa shape index (κ3) is 80.1. The van der Waals surface area contributed by atoms with Gasteiger partial charge in [-0.2, -0.15) is 0 Å². The van der Waals surface area contributed by atoms with Crippen molar-refractivity contribution in [2.75, 3.05) is 0 Å². The van der Waals surface area contributed by atoms with E-state index in [4.69, 9.17) is 9.90 Å². The SMILES string of the molecule is CC(=O)[O-].[I-].[Sn+2]. The van der Waals surface area contributed by atoms with E-state index in [1.54, 1.807) is 0 Å². The molecule has 0 heterocycles. The quantitative estimate of drug-likeness (QED) is 0.334. The van der Waals surface area contributed by atoms with Crippen LogP contribution in [-0.4, -0.2) is 29.9 Å². The summed E-state index contributed by atoms with van der Waals surface area (Å²) in [5, 5.41) is 8.89. The summed E-state index contributed by atoms with van der Waals surface area (Å²) in [6.45, 7) is 0.972. The number of carbonyl (C=O) groups excluding carboxylic acids is 1. The van der Waals surface area contributed by atoms with Crippen LogP contribution in [0.25, 0.3) is 0 Å². The Balaban J connectivity index is -0.0000000450. The Morgan fingerprint density at radius 1 is 1.67 bits per heavy atom. The van der Waals surface area contributed by atoms with Crippen molar-refractivity contribution >= 4 is 29.9 Å². The summed E-state index contributed by atoms with van der Waals surface area (Å²) < 4.78 is 0. The summed E-state index contributed by atoms with van der Waals surface area (Å²) in [5.74, 6) is -1.08. The largest absolute Gasteiger partial charge is 2.00 e. The van der Waals surface area contributed by atoms with Crippen LogP contribution in [0.5, 0.6) is 0 Å². The molecule has 0 aromatic heterocycles. The maximum Gasteiger partial charge on any atom is 2.00 e. The summed E-state index contributed by atoms with van der Waals surface area (Å²) >= 11 is 0. The number of halogens is 1. The summed E-state index contributed by atoms with van der Waals surface area (Å²) in [6, 6.07) is 0. The summed E-state index contributed by atoms with van der Waals surface area (Å²) in [7, 11) is 0. The first-order chi connectivity index (χ1) is 1.73. The topological polar surface area (TPSA) is 40.1 Å². The summed E-state index contributed by atoms with van der Waals surface area (Å²) in [5.41, 5.74) is 0. The molecular weight excluding hydrogens is 302 g/mol. The number of aliphatic carboxylic acids is 1. The Hall–Kier alpha value is 0.999. The van der Waals surface area contributed by atoms with Crippen molar-refractivity contribution in [3.05, 3.63) is 0 Å². The van der Waals surface area contributed by atoms with Crippen LogP contribution < -0.4 is 29.1 Å².